The van der Waals surface area contributed by atoms with Gasteiger partial charge in [-0.05, 0) is 44.0 Å². The van der Waals surface area contributed by atoms with Crippen LogP contribution in [-0.4, -0.2) is 18.2 Å². The molecule has 2 rings (SSSR count). The quantitative estimate of drug-likeness (QED) is 0.810. The second-order valence-corrected chi connectivity index (χ2v) is 4.60. The van der Waals surface area contributed by atoms with Crippen molar-refractivity contribution in [3.63, 3.8) is 0 Å². The van der Waals surface area contributed by atoms with Gasteiger partial charge >= 0.3 is 0 Å². The van der Waals surface area contributed by atoms with Gasteiger partial charge in [-0.3, -0.25) is 0 Å². The fourth-order valence-corrected chi connectivity index (χ4v) is 2.67. The molecule has 0 aromatic heterocycles. The maximum absolute atomic E-state index is 10.6. The number of aliphatic hydroxyl groups is 1. The normalized spacial score (nSPS) is 30.7. The van der Waals surface area contributed by atoms with E-state index in [2.05, 4.69) is 5.32 Å². The SMILES string of the molecule is CN[C@H]1CCCC1(O)c1cccc(Cl)c1. The highest BCUT2D eigenvalue weighted by molar-refractivity contribution is 6.30. The molecule has 0 saturated heterocycles. The van der Waals surface area contributed by atoms with Crippen LogP contribution in [0.3, 0.4) is 0 Å². The number of halogens is 1. The molecule has 1 unspecified atom stereocenters. The summed E-state index contributed by atoms with van der Waals surface area (Å²) in [5.74, 6) is 0. The molecular weight excluding hydrogens is 210 g/mol. The average molecular weight is 226 g/mol. The highest BCUT2D eigenvalue weighted by atomic mass is 35.5. The molecule has 0 aliphatic heterocycles. The van der Waals surface area contributed by atoms with Crippen molar-refractivity contribution in [3.8, 4) is 0 Å². The van der Waals surface area contributed by atoms with Crippen molar-refractivity contribution in [1.82, 2.24) is 5.32 Å². The molecule has 1 aromatic rings. The summed E-state index contributed by atoms with van der Waals surface area (Å²) in [5, 5.41) is 14.5. The van der Waals surface area contributed by atoms with Crippen LogP contribution in [0.2, 0.25) is 5.02 Å². The molecule has 0 spiro atoms. The van der Waals surface area contributed by atoms with Gasteiger partial charge in [-0.2, -0.15) is 0 Å². The molecule has 1 aliphatic carbocycles. The van der Waals surface area contributed by atoms with E-state index < -0.39 is 5.60 Å². The molecule has 1 saturated carbocycles. The molecule has 3 heteroatoms. The van der Waals surface area contributed by atoms with E-state index in [1.807, 2.05) is 31.3 Å². The molecule has 0 amide bonds. The fourth-order valence-electron chi connectivity index (χ4n) is 2.48. The molecule has 1 aromatic carbocycles. The molecular formula is C12H16ClNO. The molecule has 0 bridgehead atoms. The summed E-state index contributed by atoms with van der Waals surface area (Å²) in [6.07, 6.45) is 2.87. The summed E-state index contributed by atoms with van der Waals surface area (Å²) in [6.45, 7) is 0. The third-order valence-corrected chi connectivity index (χ3v) is 3.54. The number of likely N-dealkylation sites (N-methyl/N-ethyl adjacent to an activating group) is 1. The first-order chi connectivity index (χ1) is 7.16. The average Bonchev–Trinajstić information content (AvgIpc) is 2.61. The molecule has 15 heavy (non-hydrogen) atoms. The van der Waals surface area contributed by atoms with Crippen LogP contribution in [0.1, 0.15) is 24.8 Å². The summed E-state index contributed by atoms with van der Waals surface area (Å²) in [6, 6.07) is 7.66. The molecule has 2 atom stereocenters. The highest BCUT2D eigenvalue weighted by Gasteiger charge is 2.41. The van der Waals surface area contributed by atoms with Crippen molar-refractivity contribution < 1.29 is 5.11 Å². The number of nitrogens with one attached hydrogen (secondary N) is 1. The number of benzene rings is 1. The Morgan fingerprint density at radius 2 is 2.33 bits per heavy atom. The van der Waals surface area contributed by atoms with Crippen LogP contribution in [0.5, 0.6) is 0 Å². The molecule has 0 radical (unpaired) electrons. The van der Waals surface area contributed by atoms with Crippen LogP contribution in [0, 0.1) is 0 Å². The minimum Gasteiger partial charge on any atom is -0.384 e. The van der Waals surface area contributed by atoms with Crippen molar-refractivity contribution in [2.75, 3.05) is 7.05 Å². The zero-order chi connectivity index (χ0) is 10.9. The van der Waals surface area contributed by atoms with Crippen molar-refractivity contribution >= 4 is 11.6 Å². The first kappa shape index (κ1) is 10.9. The predicted octanol–water partition coefficient (Wildman–Crippen LogP) is 2.30. The van der Waals surface area contributed by atoms with E-state index in [9.17, 15) is 5.11 Å². The number of rotatable bonds is 2. The molecule has 2 N–H and O–H groups in total. The first-order valence-corrected chi connectivity index (χ1v) is 5.70. The standard InChI is InChI=1S/C12H16ClNO/c1-14-11-6-3-7-12(11,15)9-4-2-5-10(13)8-9/h2,4-5,8,11,14-15H,3,6-7H2,1H3/t11-,12?/m0/s1. The lowest BCUT2D eigenvalue weighted by atomic mass is 9.89. The van der Waals surface area contributed by atoms with E-state index in [1.165, 1.54) is 0 Å². The van der Waals surface area contributed by atoms with Crippen LogP contribution < -0.4 is 5.32 Å². The molecule has 2 nitrogen and oxygen atoms in total. The Hall–Kier alpha value is -0.570. The fraction of sp³-hybridized carbons (Fsp3) is 0.500. The number of hydrogen-bond acceptors (Lipinski definition) is 2. The van der Waals surface area contributed by atoms with Crippen molar-refractivity contribution in [1.29, 1.82) is 0 Å². The zero-order valence-electron chi connectivity index (χ0n) is 8.83. The Kier molecular flexibility index (Phi) is 3.01. The van der Waals surface area contributed by atoms with Gasteiger partial charge in [-0.1, -0.05) is 23.7 Å². The van der Waals surface area contributed by atoms with Gasteiger partial charge in [0.1, 0.15) is 5.60 Å². The molecule has 82 valence electrons. The topological polar surface area (TPSA) is 32.3 Å². The second-order valence-electron chi connectivity index (χ2n) is 4.17. The summed E-state index contributed by atoms with van der Waals surface area (Å²) in [4.78, 5) is 0. The maximum Gasteiger partial charge on any atom is 0.105 e. The largest absolute Gasteiger partial charge is 0.384 e. The predicted molar refractivity (Wildman–Crippen MR) is 62.0 cm³/mol. The Morgan fingerprint density at radius 1 is 1.53 bits per heavy atom. The van der Waals surface area contributed by atoms with Gasteiger partial charge in [0, 0.05) is 11.1 Å². The lowest BCUT2D eigenvalue weighted by Crippen LogP contribution is -2.42. The van der Waals surface area contributed by atoms with E-state index in [0.717, 1.165) is 24.8 Å². The van der Waals surface area contributed by atoms with E-state index in [-0.39, 0.29) is 6.04 Å². The third-order valence-electron chi connectivity index (χ3n) is 3.30. The summed E-state index contributed by atoms with van der Waals surface area (Å²) < 4.78 is 0. The zero-order valence-corrected chi connectivity index (χ0v) is 9.59. The van der Waals surface area contributed by atoms with Gasteiger partial charge in [0.15, 0.2) is 0 Å². The van der Waals surface area contributed by atoms with Gasteiger partial charge < -0.3 is 10.4 Å². The summed E-state index contributed by atoms with van der Waals surface area (Å²) in [7, 11) is 1.89. The van der Waals surface area contributed by atoms with E-state index >= 15 is 0 Å². The van der Waals surface area contributed by atoms with Crippen LogP contribution in [0.15, 0.2) is 24.3 Å². The van der Waals surface area contributed by atoms with Gasteiger partial charge in [0.2, 0.25) is 0 Å². The lowest BCUT2D eigenvalue weighted by molar-refractivity contribution is 0.0185. The third kappa shape index (κ3) is 1.89. The van der Waals surface area contributed by atoms with Crippen molar-refractivity contribution in [2.45, 2.75) is 30.9 Å². The highest BCUT2D eigenvalue weighted by Crippen LogP contribution is 2.39. The molecule has 0 heterocycles. The Morgan fingerprint density at radius 3 is 3.00 bits per heavy atom. The van der Waals surface area contributed by atoms with Crippen LogP contribution >= 0.6 is 11.6 Å². The van der Waals surface area contributed by atoms with Crippen LogP contribution in [0.4, 0.5) is 0 Å². The van der Waals surface area contributed by atoms with Gasteiger partial charge in [0.25, 0.3) is 0 Å². The minimum absolute atomic E-state index is 0.135. The van der Waals surface area contributed by atoms with Crippen molar-refractivity contribution in [3.05, 3.63) is 34.9 Å². The summed E-state index contributed by atoms with van der Waals surface area (Å²) in [5.41, 5.74) is 0.173. The Bertz CT molecular complexity index is 355. The second kappa shape index (κ2) is 4.12. The minimum atomic E-state index is -0.750. The first-order valence-electron chi connectivity index (χ1n) is 5.32. The monoisotopic (exact) mass is 225 g/mol. The lowest BCUT2D eigenvalue weighted by Gasteiger charge is -2.30. The maximum atomic E-state index is 10.6. The number of hydrogen-bond donors (Lipinski definition) is 2. The summed E-state index contributed by atoms with van der Waals surface area (Å²) >= 11 is 5.94. The van der Waals surface area contributed by atoms with E-state index in [0.29, 0.717) is 5.02 Å². The van der Waals surface area contributed by atoms with Gasteiger partial charge in [0.05, 0.1) is 0 Å². The van der Waals surface area contributed by atoms with Crippen LogP contribution in [-0.2, 0) is 5.60 Å². The molecule has 1 fully saturated rings. The van der Waals surface area contributed by atoms with Gasteiger partial charge in [-0.25, -0.2) is 0 Å². The van der Waals surface area contributed by atoms with Gasteiger partial charge in [-0.15, -0.1) is 0 Å². The van der Waals surface area contributed by atoms with E-state index in [1.54, 1.807) is 0 Å². The molecule has 1 aliphatic rings. The van der Waals surface area contributed by atoms with Crippen molar-refractivity contribution in [2.24, 2.45) is 0 Å². The Labute approximate surface area is 95.3 Å². The van der Waals surface area contributed by atoms with E-state index in [4.69, 9.17) is 11.6 Å². The Balaban J connectivity index is 2.36. The van der Waals surface area contributed by atoms with Crippen LogP contribution in [0.25, 0.3) is 0 Å². The smallest absolute Gasteiger partial charge is 0.105 e.